The molecular weight excluding hydrogens is 924 g/mol. The summed E-state index contributed by atoms with van der Waals surface area (Å²) in [6, 6.07) is -0.845. The van der Waals surface area contributed by atoms with Crippen molar-refractivity contribution in [3.8, 4) is 0 Å². The summed E-state index contributed by atoms with van der Waals surface area (Å²) < 4.78 is 23.8. The van der Waals surface area contributed by atoms with Gasteiger partial charge in [0.05, 0.1) is 39.9 Å². The van der Waals surface area contributed by atoms with Crippen LogP contribution >= 0.6 is 7.82 Å². The van der Waals surface area contributed by atoms with Gasteiger partial charge in [-0.3, -0.25) is 13.8 Å². The number of amides is 1. The van der Waals surface area contributed by atoms with Gasteiger partial charge in [0, 0.05) is 6.42 Å². The Balaban J connectivity index is 4.08. The Morgan fingerprint density at radius 1 is 0.452 bits per heavy atom. The Morgan fingerprint density at radius 3 is 1.05 bits per heavy atom. The molecule has 0 aromatic carbocycles. The number of hydrogen-bond acceptors (Lipinski definition) is 5. The molecule has 3 atom stereocenters. The topological polar surface area (TPSA) is 105 Å². The Morgan fingerprint density at radius 2 is 0.740 bits per heavy atom. The fraction of sp³-hybridized carbons (Fsp3) is 0.922. The molecule has 9 heteroatoms. The van der Waals surface area contributed by atoms with E-state index >= 15 is 0 Å². The van der Waals surface area contributed by atoms with Crippen molar-refractivity contribution in [3.05, 3.63) is 24.3 Å². The molecule has 0 aromatic heterocycles. The van der Waals surface area contributed by atoms with Crippen LogP contribution in [-0.2, 0) is 18.4 Å². The van der Waals surface area contributed by atoms with Crippen LogP contribution in [0.2, 0.25) is 0 Å². The third kappa shape index (κ3) is 58.5. The van der Waals surface area contributed by atoms with Crippen molar-refractivity contribution in [2.24, 2.45) is 0 Å². The van der Waals surface area contributed by atoms with Gasteiger partial charge in [0.1, 0.15) is 13.2 Å². The Kier molecular flexibility index (Phi) is 54.9. The third-order valence-corrected chi connectivity index (χ3v) is 15.9. The van der Waals surface area contributed by atoms with E-state index in [9.17, 15) is 19.4 Å². The molecule has 3 unspecified atom stereocenters. The van der Waals surface area contributed by atoms with Gasteiger partial charge in [-0.1, -0.05) is 301 Å². The van der Waals surface area contributed by atoms with Crippen molar-refractivity contribution in [2.45, 2.75) is 341 Å². The number of aliphatic hydroxyl groups is 1. The Hall–Kier alpha value is -1.02. The van der Waals surface area contributed by atoms with Gasteiger partial charge in [0.15, 0.2) is 0 Å². The lowest BCUT2D eigenvalue weighted by Crippen LogP contribution is -2.45. The van der Waals surface area contributed by atoms with Crippen molar-refractivity contribution in [1.82, 2.24) is 5.32 Å². The van der Waals surface area contributed by atoms with E-state index in [1.54, 1.807) is 6.08 Å². The summed E-state index contributed by atoms with van der Waals surface area (Å²) in [6.07, 6.45) is 71.6. The first-order chi connectivity index (χ1) is 35.5. The van der Waals surface area contributed by atoms with Crippen LogP contribution in [0.15, 0.2) is 24.3 Å². The minimum absolute atomic E-state index is 0.0638. The lowest BCUT2D eigenvalue weighted by atomic mass is 10.0. The molecule has 0 heterocycles. The number of allylic oxidation sites excluding steroid dienone is 3. The zero-order chi connectivity index (χ0) is 53.5. The van der Waals surface area contributed by atoms with Gasteiger partial charge >= 0.3 is 7.82 Å². The number of carbonyl (C=O) groups is 1. The van der Waals surface area contributed by atoms with Crippen LogP contribution in [0.5, 0.6) is 0 Å². The van der Waals surface area contributed by atoms with Crippen molar-refractivity contribution < 1.29 is 32.9 Å². The van der Waals surface area contributed by atoms with Gasteiger partial charge < -0.3 is 19.8 Å². The summed E-state index contributed by atoms with van der Waals surface area (Å²) in [5, 5.41) is 14.0. The van der Waals surface area contributed by atoms with E-state index in [0.717, 1.165) is 32.1 Å². The maximum atomic E-state index is 13.0. The van der Waals surface area contributed by atoms with Crippen LogP contribution in [0.4, 0.5) is 0 Å². The maximum Gasteiger partial charge on any atom is 0.472 e. The number of quaternary nitrogens is 1. The van der Waals surface area contributed by atoms with E-state index in [1.807, 2.05) is 27.2 Å². The average Bonchev–Trinajstić information content (AvgIpc) is 3.35. The molecule has 1 amide bonds. The van der Waals surface area contributed by atoms with Crippen LogP contribution in [0.1, 0.15) is 328 Å². The number of aliphatic hydroxyl groups excluding tert-OH is 1. The number of nitrogens with zero attached hydrogens (tertiary/aromatic N) is 1. The lowest BCUT2D eigenvalue weighted by Gasteiger charge is -2.25. The largest absolute Gasteiger partial charge is 0.472 e. The number of likely N-dealkylation sites (N-methyl/N-ethyl adjacent to an activating group) is 1. The summed E-state index contributed by atoms with van der Waals surface area (Å²) in [5.74, 6) is -0.171. The monoisotopic (exact) mass is 1050 g/mol. The van der Waals surface area contributed by atoms with Crippen LogP contribution in [0, 0.1) is 0 Å². The predicted octanol–water partition coefficient (Wildman–Crippen LogP) is 19.9. The quantitative estimate of drug-likeness (QED) is 0.0243. The number of nitrogens with one attached hydrogen (secondary N) is 1. The average molecular weight is 1050 g/mol. The predicted molar refractivity (Wildman–Crippen MR) is 318 cm³/mol. The van der Waals surface area contributed by atoms with E-state index in [0.29, 0.717) is 17.4 Å². The standard InChI is InChI=1S/C64H127N2O6P/c1-6-8-10-12-14-16-18-20-22-24-26-28-29-30-31-32-33-34-35-36-38-40-42-44-46-48-50-52-54-56-58-64(68)65-62(61-72-73(69,70)71-60-59-66(3,4)5)63(67)57-55-53-51-49-47-45-43-41-39-37-27-25-23-21-19-17-15-13-11-9-7-2/h30-31,55,57,62-63,67H,6-29,32-54,56,58-61H2,1-5H3,(H-,65,68,69,70)/p+1/b31-30-,57-55+. The molecule has 0 spiro atoms. The number of hydrogen-bond donors (Lipinski definition) is 3. The number of unbranched alkanes of at least 4 members (excludes halogenated alkanes) is 45. The van der Waals surface area contributed by atoms with E-state index in [1.165, 1.54) is 276 Å². The maximum absolute atomic E-state index is 13.0. The second-order valence-corrected chi connectivity index (χ2v) is 24.9. The third-order valence-electron chi connectivity index (χ3n) is 14.9. The summed E-state index contributed by atoms with van der Waals surface area (Å²) in [6.45, 7) is 4.87. The molecule has 0 fully saturated rings. The first kappa shape index (κ1) is 72.0. The molecule has 0 aromatic rings. The van der Waals surface area contributed by atoms with Crippen molar-refractivity contribution in [3.63, 3.8) is 0 Å². The molecule has 0 saturated heterocycles. The summed E-state index contributed by atoms with van der Waals surface area (Å²) >= 11 is 0. The highest BCUT2D eigenvalue weighted by Crippen LogP contribution is 2.43. The molecule has 0 bridgehead atoms. The minimum atomic E-state index is -4.35. The fourth-order valence-electron chi connectivity index (χ4n) is 9.86. The normalized spacial score (nSPS) is 13.9. The molecular formula is C64H128N2O6P+. The van der Waals surface area contributed by atoms with Crippen LogP contribution in [-0.4, -0.2) is 73.4 Å². The Bertz CT molecular complexity index is 1240. The molecule has 8 nitrogen and oxygen atoms in total. The van der Waals surface area contributed by atoms with Crippen molar-refractivity contribution >= 4 is 13.7 Å². The summed E-state index contributed by atoms with van der Waals surface area (Å²) in [4.78, 5) is 23.4. The van der Waals surface area contributed by atoms with Crippen molar-refractivity contribution in [1.29, 1.82) is 0 Å². The first-order valence-electron chi connectivity index (χ1n) is 32.2. The smallest absolute Gasteiger partial charge is 0.387 e. The SMILES string of the molecule is CCCCCCCCCCCCCC/C=C\CCCCCCCCCCCCCCCCC(=O)NC(COP(=O)(O)OCC[N+](C)(C)C)C(O)/C=C/CCCCCCCCCCCCCCCCCCCCC. The number of carbonyl (C=O) groups excluding carboxylic acids is 1. The highest BCUT2D eigenvalue weighted by atomic mass is 31.2. The highest BCUT2D eigenvalue weighted by Gasteiger charge is 2.28. The summed E-state index contributed by atoms with van der Waals surface area (Å²) in [5.41, 5.74) is 0. The zero-order valence-electron chi connectivity index (χ0n) is 49.7. The van der Waals surface area contributed by atoms with E-state index in [4.69, 9.17) is 9.05 Å². The molecule has 3 N–H and O–H groups in total. The molecule has 0 aliphatic heterocycles. The van der Waals surface area contributed by atoms with E-state index < -0.39 is 20.0 Å². The lowest BCUT2D eigenvalue weighted by molar-refractivity contribution is -0.870. The number of rotatable bonds is 60. The van der Waals surface area contributed by atoms with Gasteiger partial charge in [-0.25, -0.2) is 4.57 Å². The molecule has 434 valence electrons. The van der Waals surface area contributed by atoms with Gasteiger partial charge in [0.25, 0.3) is 0 Å². The highest BCUT2D eigenvalue weighted by molar-refractivity contribution is 7.47. The van der Waals surface area contributed by atoms with E-state index in [-0.39, 0.29) is 19.1 Å². The second-order valence-electron chi connectivity index (χ2n) is 23.5. The van der Waals surface area contributed by atoms with Gasteiger partial charge in [-0.2, -0.15) is 0 Å². The van der Waals surface area contributed by atoms with Crippen LogP contribution < -0.4 is 5.32 Å². The van der Waals surface area contributed by atoms with Gasteiger partial charge in [0.2, 0.25) is 5.91 Å². The second kappa shape index (κ2) is 55.7. The number of phosphoric ester groups is 1. The molecule has 0 saturated carbocycles. The van der Waals surface area contributed by atoms with E-state index in [2.05, 4.69) is 31.3 Å². The molecule has 73 heavy (non-hydrogen) atoms. The molecule has 0 radical (unpaired) electrons. The number of phosphoric acid groups is 1. The molecule has 0 aliphatic rings. The van der Waals surface area contributed by atoms with Crippen LogP contribution in [0.25, 0.3) is 0 Å². The zero-order valence-corrected chi connectivity index (χ0v) is 50.5. The first-order valence-corrected chi connectivity index (χ1v) is 33.7. The minimum Gasteiger partial charge on any atom is -0.387 e. The molecule has 0 aliphatic carbocycles. The van der Waals surface area contributed by atoms with Crippen molar-refractivity contribution in [2.75, 3.05) is 40.9 Å². The van der Waals surface area contributed by atoms with Crippen LogP contribution in [0.3, 0.4) is 0 Å². The summed E-state index contributed by atoms with van der Waals surface area (Å²) in [7, 11) is 1.59. The molecule has 0 rings (SSSR count). The fourth-order valence-corrected chi connectivity index (χ4v) is 10.6. The van der Waals surface area contributed by atoms with Gasteiger partial charge in [-0.15, -0.1) is 0 Å². The van der Waals surface area contributed by atoms with Gasteiger partial charge in [-0.05, 0) is 44.9 Å². The Labute approximate surface area is 455 Å².